The second kappa shape index (κ2) is 4.56. The molecule has 110 valence electrons. The van der Waals surface area contributed by atoms with Gasteiger partial charge >= 0.3 is 0 Å². The predicted octanol–water partition coefficient (Wildman–Crippen LogP) is 2.64. The number of nitrogens with zero attached hydrogens (tertiary/aromatic N) is 1. The summed E-state index contributed by atoms with van der Waals surface area (Å²) in [5.74, 6) is 1.40. The number of hydrogen-bond donors (Lipinski definition) is 2. The number of carbonyl (C=O) groups is 1. The van der Waals surface area contributed by atoms with E-state index in [2.05, 4.69) is 15.6 Å². The second-order valence-corrected chi connectivity index (χ2v) is 6.45. The molecule has 5 heteroatoms. The first-order valence-electron chi connectivity index (χ1n) is 7.57. The molecule has 1 aliphatic carbocycles. The molecule has 2 aromatic rings. The summed E-state index contributed by atoms with van der Waals surface area (Å²) in [5.41, 5.74) is 2.09. The first kappa shape index (κ1) is 12.8. The van der Waals surface area contributed by atoms with Crippen LogP contribution in [0.2, 0.25) is 0 Å². The zero-order valence-electron chi connectivity index (χ0n) is 12.1. The van der Waals surface area contributed by atoms with E-state index in [-0.39, 0.29) is 11.3 Å². The second-order valence-electron chi connectivity index (χ2n) is 6.45. The fourth-order valence-electron chi connectivity index (χ4n) is 2.82. The number of nitrogens with one attached hydrogen (secondary N) is 2. The Hall–Kier alpha value is -1.88. The zero-order valence-corrected chi connectivity index (χ0v) is 12.1. The average Bonchev–Trinajstić information content (AvgIpc) is 3.08. The fourth-order valence-corrected chi connectivity index (χ4v) is 2.82. The molecule has 5 nitrogen and oxygen atoms in total. The molecule has 21 heavy (non-hydrogen) atoms. The molecule has 2 fully saturated rings. The number of fused-ring (bicyclic) bond motifs is 1. The van der Waals surface area contributed by atoms with Crippen molar-refractivity contribution in [3.63, 3.8) is 0 Å². The Bertz CT molecular complexity index is 697. The molecule has 2 aliphatic rings. The molecular formula is C16H19N3O2. The summed E-state index contributed by atoms with van der Waals surface area (Å²) in [4.78, 5) is 16.9. The van der Waals surface area contributed by atoms with Gasteiger partial charge in [-0.3, -0.25) is 4.79 Å². The van der Waals surface area contributed by atoms with E-state index in [9.17, 15) is 4.79 Å². The smallest absolute Gasteiger partial charge is 0.231 e. The first-order chi connectivity index (χ1) is 10.1. The molecule has 1 atom stereocenters. The summed E-state index contributed by atoms with van der Waals surface area (Å²) in [7, 11) is 0. The number of amides is 1. The van der Waals surface area contributed by atoms with Gasteiger partial charge in [-0.2, -0.15) is 0 Å². The van der Waals surface area contributed by atoms with Crippen LogP contribution in [0.5, 0.6) is 0 Å². The highest BCUT2D eigenvalue weighted by Crippen LogP contribution is 2.40. The molecule has 0 spiro atoms. The van der Waals surface area contributed by atoms with E-state index >= 15 is 0 Å². The van der Waals surface area contributed by atoms with Crippen molar-refractivity contribution in [1.29, 1.82) is 0 Å². The lowest BCUT2D eigenvalue weighted by Crippen LogP contribution is -2.35. The van der Waals surface area contributed by atoms with Gasteiger partial charge in [-0.1, -0.05) is 0 Å². The van der Waals surface area contributed by atoms with Gasteiger partial charge in [-0.05, 0) is 50.9 Å². The third-order valence-corrected chi connectivity index (χ3v) is 4.51. The minimum Gasteiger partial charge on any atom is -0.440 e. The Morgan fingerprint density at radius 3 is 3.05 bits per heavy atom. The Morgan fingerprint density at radius 2 is 2.33 bits per heavy atom. The first-order valence-corrected chi connectivity index (χ1v) is 7.57. The number of hydrogen-bond acceptors (Lipinski definition) is 4. The lowest BCUT2D eigenvalue weighted by atomic mass is 9.89. The molecule has 0 radical (unpaired) electrons. The molecule has 1 unspecified atom stereocenters. The predicted molar refractivity (Wildman–Crippen MR) is 80.2 cm³/mol. The Labute approximate surface area is 123 Å². The van der Waals surface area contributed by atoms with E-state index in [1.165, 1.54) is 12.8 Å². The van der Waals surface area contributed by atoms with Crippen molar-refractivity contribution in [2.75, 3.05) is 18.4 Å². The molecule has 1 amide bonds. The summed E-state index contributed by atoms with van der Waals surface area (Å²) in [6.07, 6.45) is 3.21. The number of anilines is 1. The van der Waals surface area contributed by atoms with Crippen molar-refractivity contribution in [3.8, 4) is 0 Å². The fraction of sp³-hybridized carbons (Fsp3) is 0.500. The minimum absolute atomic E-state index is 0.0674. The molecule has 0 bridgehead atoms. The van der Waals surface area contributed by atoms with Crippen LogP contribution in [0.15, 0.2) is 22.6 Å². The molecule has 1 saturated carbocycles. The zero-order chi connectivity index (χ0) is 14.4. The van der Waals surface area contributed by atoms with Gasteiger partial charge in [0.1, 0.15) is 5.52 Å². The number of rotatable bonds is 3. The van der Waals surface area contributed by atoms with Crippen LogP contribution in [0.3, 0.4) is 0 Å². The molecule has 1 aromatic heterocycles. The van der Waals surface area contributed by atoms with E-state index < -0.39 is 0 Å². The molecule has 2 N–H and O–H groups in total. The number of benzene rings is 1. The lowest BCUT2D eigenvalue weighted by Gasteiger charge is -2.21. The van der Waals surface area contributed by atoms with Gasteiger partial charge in [0, 0.05) is 18.2 Å². The summed E-state index contributed by atoms with van der Waals surface area (Å²) in [6.45, 7) is 3.63. The van der Waals surface area contributed by atoms with Crippen molar-refractivity contribution >= 4 is 22.7 Å². The van der Waals surface area contributed by atoms with Gasteiger partial charge in [-0.25, -0.2) is 4.98 Å². The average molecular weight is 285 g/mol. The molecule has 1 aromatic carbocycles. The third kappa shape index (κ3) is 2.31. The van der Waals surface area contributed by atoms with Gasteiger partial charge in [0.2, 0.25) is 5.91 Å². The van der Waals surface area contributed by atoms with Gasteiger partial charge in [-0.15, -0.1) is 0 Å². The highest BCUT2D eigenvalue weighted by atomic mass is 16.3. The maximum absolute atomic E-state index is 12.4. The van der Waals surface area contributed by atoms with E-state index in [0.717, 1.165) is 42.2 Å². The largest absolute Gasteiger partial charge is 0.440 e. The highest BCUT2D eigenvalue weighted by molar-refractivity contribution is 5.96. The van der Waals surface area contributed by atoms with Crippen molar-refractivity contribution in [2.24, 2.45) is 5.41 Å². The van der Waals surface area contributed by atoms with Gasteiger partial charge < -0.3 is 15.1 Å². The van der Waals surface area contributed by atoms with Crippen LogP contribution in [0.4, 0.5) is 5.69 Å². The quantitative estimate of drug-likeness (QED) is 0.909. The lowest BCUT2D eigenvalue weighted by molar-refractivity contribution is -0.123. The van der Waals surface area contributed by atoms with Crippen molar-refractivity contribution in [2.45, 2.75) is 32.1 Å². The van der Waals surface area contributed by atoms with E-state index in [4.69, 9.17) is 4.42 Å². The van der Waals surface area contributed by atoms with Crippen molar-refractivity contribution < 1.29 is 9.21 Å². The Kier molecular flexibility index (Phi) is 2.79. The number of oxazole rings is 1. The number of aromatic nitrogens is 1. The topological polar surface area (TPSA) is 67.2 Å². The van der Waals surface area contributed by atoms with Gasteiger partial charge in [0.15, 0.2) is 11.5 Å². The Balaban J connectivity index is 1.57. The monoisotopic (exact) mass is 285 g/mol. The van der Waals surface area contributed by atoms with Crippen molar-refractivity contribution in [3.05, 3.63) is 24.1 Å². The minimum atomic E-state index is -0.321. The van der Waals surface area contributed by atoms with E-state index in [1.807, 2.05) is 25.1 Å². The van der Waals surface area contributed by atoms with Crippen LogP contribution in [-0.4, -0.2) is 24.0 Å². The summed E-state index contributed by atoms with van der Waals surface area (Å²) >= 11 is 0. The molecule has 4 rings (SSSR count). The van der Waals surface area contributed by atoms with Crippen LogP contribution < -0.4 is 10.6 Å². The summed E-state index contributed by atoms with van der Waals surface area (Å²) in [5, 5.41) is 6.25. The van der Waals surface area contributed by atoms with Crippen molar-refractivity contribution in [1.82, 2.24) is 10.3 Å². The molecular weight excluding hydrogens is 266 g/mol. The summed E-state index contributed by atoms with van der Waals surface area (Å²) in [6, 6.07) is 5.67. The number of carbonyl (C=O) groups excluding carboxylic acids is 1. The van der Waals surface area contributed by atoms with E-state index in [1.54, 1.807) is 0 Å². The maximum atomic E-state index is 12.4. The third-order valence-electron chi connectivity index (χ3n) is 4.51. The Morgan fingerprint density at radius 1 is 1.48 bits per heavy atom. The SMILES string of the molecule is CC1(C(=O)Nc2ccc3oc(C4CC4)nc3c2)CCNC1. The molecule has 1 aliphatic heterocycles. The van der Waals surface area contributed by atoms with Crippen LogP contribution in [0.1, 0.15) is 38.0 Å². The summed E-state index contributed by atoms with van der Waals surface area (Å²) < 4.78 is 5.74. The van der Waals surface area contributed by atoms with Crippen LogP contribution in [0.25, 0.3) is 11.1 Å². The molecule has 1 saturated heterocycles. The standard InChI is InChI=1S/C16H19N3O2/c1-16(6-7-17-9-16)15(20)18-11-4-5-13-12(8-11)19-14(21-13)10-2-3-10/h4-5,8,10,17H,2-3,6-7,9H2,1H3,(H,18,20). The van der Waals surface area contributed by atoms with Gasteiger partial charge in [0.25, 0.3) is 0 Å². The van der Waals surface area contributed by atoms with Crippen LogP contribution >= 0.6 is 0 Å². The van der Waals surface area contributed by atoms with Gasteiger partial charge in [0.05, 0.1) is 5.41 Å². The normalized spacial score (nSPS) is 25.4. The van der Waals surface area contributed by atoms with Crippen LogP contribution in [0, 0.1) is 5.41 Å². The molecule has 2 heterocycles. The maximum Gasteiger partial charge on any atom is 0.231 e. The van der Waals surface area contributed by atoms with Crippen LogP contribution in [-0.2, 0) is 4.79 Å². The van der Waals surface area contributed by atoms with E-state index in [0.29, 0.717) is 5.92 Å². The highest BCUT2D eigenvalue weighted by Gasteiger charge is 2.36.